The average molecular weight is 318 g/mol. The van der Waals surface area contributed by atoms with Gasteiger partial charge in [0, 0.05) is 38.5 Å². The predicted molar refractivity (Wildman–Crippen MR) is 95.3 cm³/mol. The van der Waals surface area contributed by atoms with E-state index in [1.54, 1.807) is 0 Å². The molecular weight excluding hydrogens is 288 g/mol. The molecule has 0 spiro atoms. The zero-order valence-corrected chi connectivity index (χ0v) is 15.1. The monoisotopic (exact) mass is 318 g/mol. The summed E-state index contributed by atoms with van der Waals surface area (Å²) in [5, 5.41) is 0. The molecule has 0 atom stereocenters. The van der Waals surface area contributed by atoms with Gasteiger partial charge in [0.05, 0.1) is 11.7 Å². The molecular formula is C19H30N2O2. The van der Waals surface area contributed by atoms with Gasteiger partial charge in [-0.25, -0.2) is 0 Å². The van der Waals surface area contributed by atoms with Crippen LogP contribution in [0, 0.1) is 6.92 Å². The fraction of sp³-hybridized carbons (Fsp3) is 0.632. The summed E-state index contributed by atoms with van der Waals surface area (Å²) < 4.78 is 5.68. The van der Waals surface area contributed by atoms with Gasteiger partial charge >= 0.3 is 0 Å². The second-order valence-electron chi connectivity index (χ2n) is 6.67. The molecule has 0 aliphatic carbocycles. The van der Waals surface area contributed by atoms with E-state index in [0.717, 1.165) is 49.4 Å². The molecule has 1 amide bonds. The second-order valence-corrected chi connectivity index (χ2v) is 6.67. The molecule has 0 saturated carbocycles. The van der Waals surface area contributed by atoms with Gasteiger partial charge in [-0.2, -0.15) is 0 Å². The molecule has 1 aliphatic heterocycles. The fourth-order valence-corrected chi connectivity index (χ4v) is 3.04. The van der Waals surface area contributed by atoms with Crippen molar-refractivity contribution in [3.05, 3.63) is 29.3 Å². The quantitative estimate of drug-likeness (QED) is 0.833. The van der Waals surface area contributed by atoms with Crippen LogP contribution in [0.1, 0.15) is 49.5 Å². The van der Waals surface area contributed by atoms with Crippen molar-refractivity contribution in [1.29, 1.82) is 0 Å². The number of ether oxygens (including phenoxy) is 1. The molecule has 23 heavy (non-hydrogen) atoms. The number of piperidine rings is 1. The van der Waals surface area contributed by atoms with Crippen molar-refractivity contribution in [2.75, 3.05) is 31.6 Å². The van der Waals surface area contributed by atoms with Gasteiger partial charge in [0.25, 0.3) is 5.91 Å². The third-order valence-corrected chi connectivity index (χ3v) is 4.67. The van der Waals surface area contributed by atoms with E-state index in [9.17, 15) is 4.79 Å². The number of aryl methyl sites for hydroxylation is 1. The highest BCUT2D eigenvalue weighted by atomic mass is 16.5. The molecule has 0 N–H and O–H groups in total. The van der Waals surface area contributed by atoms with Crippen LogP contribution < -0.4 is 4.90 Å². The van der Waals surface area contributed by atoms with Gasteiger partial charge in [-0.1, -0.05) is 11.6 Å². The lowest BCUT2D eigenvalue weighted by atomic mass is 10.0. The van der Waals surface area contributed by atoms with E-state index in [4.69, 9.17) is 4.74 Å². The molecule has 1 aromatic carbocycles. The number of hydrogen-bond donors (Lipinski definition) is 0. The molecule has 4 nitrogen and oxygen atoms in total. The van der Waals surface area contributed by atoms with Crippen LogP contribution in [0.4, 0.5) is 5.69 Å². The van der Waals surface area contributed by atoms with Crippen LogP contribution in [0.5, 0.6) is 0 Å². The minimum absolute atomic E-state index is 0.145. The van der Waals surface area contributed by atoms with E-state index in [1.807, 2.05) is 31.9 Å². The van der Waals surface area contributed by atoms with Gasteiger partial charge in [-0.15, -0.1) is 0 Å². The Morgan fingerprint density at radius 3 is 2.57 bits per heavy atom. The number of hydrogen-bond acceptors (Lipinski definition) is 3. The Kier molecular flexibility index (Phi) is 6.05. The summed E-state index contributed by atoms with van der Waals surface area (Å²) in [4.78, 5) is 17.2. The highest BCUT2D eigenvalue weighted by Gasteiger charge is 2.26. The Morgan fingerprint density at radius 2 is 2.00 bits per heavy atom. The minimum Gasteiger partial charge on any atom is -0.378 e. The second kappa shape index (κ2) is 7.82. The Hall–Kier alpha value is -1.55. The van der Waals surface area contributed by atoms with E-state index < -0.39 is 0 Å². The molecule has 1 saturated heterocycles. The lowest BCUT2D eigenvalue weighted by Crippen LogP contribution is -2.41. The zero-order chi connectivity index (χ0) is 17.0. The number of benzene rings is 1. The maximum atomic E-state index is 13.0. The number of anilines is 1. The first-order valence-electron chi connectivity index (χ1n) is 8.68. The number of likely N-dealkylation sites (tertiary alicyclic amines) is 1. The Bertz CT molecular complexity index is 534. The summed E-state index contributed by atoms with van der Waals surface area (Å²) in [6.45, 7) is 10.7. The lowest BCUT2D eigenvalue weighted by molar-refractivity contribution is 0.0146. The van der Waals surface area contributed by atoms with Crippen molar-refractivity contribution in [3.8, 4) is 0 Å². The van der Waals surface area contributed by atoms with Gasteiger partial charge in [-0.05, 0) is 52.7 Å². The van der Waals surface area contributed by atoms with Crippen molar-refractivity contribution in [1.82, 2.24) is 4.90 Å². The van der Waals surface area contributed by atoms with Crippen LogP contribution in [-0.2, 0) is 4.74 Å². The number of carbonyl (C=O) groups is 1. The van der Waals surface area contributed by atoms with Gasteiger partial charge in [0.1, 0.15) is 0 Å². The molecule has 0 radical (unpaired) electrons. The third-order valence-electron chi connectivity index (χ3n) is 4.67. The van der Waals surface area contributed by atoms with Crippen LogP contribution in [0.25, 0.3) is 0 Å². The van der Waals surface area contributed by atoms with Crippen molar-refractivity contribution < 1.29 is 9.53 Å². The molecule has 1 aliphatic rings. The van der Waals surface area contributed by atoms with Gasteiger partial charge in [0.2, 0.25) is 0 Å². The van der Waals surface area contributed by atoms with Gasteiger partial charge < -0.3 is 14.5 Å². The molecule has 1 fully saturated rings. The third kappa shape index (κ3) is 4.25. The first-order chi connectivity index (χ1) is 10.9. The van der Waals surface area contributed by atoms with Crippen molar-refractivity contribution >= 4 is 11.6 Å². The summed E-state index contributed by atoms with van der Waals surface area (Å²) in [5.41, 5.74) is 2.96. The lowest BCUT2D eigenvalue weighted by Gasteiger charge is -2.33. The van der Waals surface area contributed by atoms with Crippen LogP contribution in [0.2, 0.25) is 0 Å². The molecule has 128 valence electrons. The highest BCUT2D eigenvalue weighted by molar-refractivity contribution is 6.00. The van der Waals surface area contributed by atoms with Crippen molar-refractivity contribution in [3.63, 3.8) is 0 Å². The van der Waals surface area contributed by atoms with Gasteiger partial charge in [-0.3, -0.25) is 4.79 Å². The molecule has 1 heterocycles. The van der Waals surface area contributed by atoms with Crippen molar-refractivity contribution in [2.45, 2.75) is 52.7 Å². The van der Waals surface area contributed by atoms with Crippen LogP contribution in [-0.4, -0.2) is 49.7 Å². The smallest absolute Gasteiger partial charge is 0.255 e. The number of nitrogens with zero attached hydrogens (tertiary/aromatic N) is 2. The number of rotatable bonds is 5. The molecule has 2 rings (SSSR count). The van der Waals surface area contributed by atoms with E-state index in [0.29, 0.717) is 12.1 Å². The van der Waals surface area contributed by atoms with Crippen LogP contribution >= 0.6 is 0 Å². The molecule has 4 heteroatoms. The first-order valence-corrected chi connectivity index (χ1v) is 8.68. The van der Waals surface area contributed by atoms with E-state index in [-0.39, 0.29) is 5.91 Å². The average Bonchev–Trinajstić information content (AvgIpc) is 2.54. The normalized spacial score (nSPS) is 16.0. The standard InChI is InChI=1S/C19H30N2O2/c1-6-23-16-9-11-21(12-10-16)19(22)17-13-15(4)7-8-18(17)20(5)14(2)3/h7-8,13-14,16H,6,9-12H2,1-5H3. The fourth-order valence-electron chi connectivity index (χ4n) is 3.04. The van der Waals surface area contributed by atoms with E-state index in [1.165, 1.54) is 0 Å². The van der Waals surface area contributed by atoms with Crippen LogP contribution in [0.3, 0.4) is 0 Å². The SMILES string of the molecule is CCOC1CCN(C(=O)c2cc(C)ccc2N(C)C(C)C)CC1. The van der Waals surface area contributed by atoms with Crippen LogP contribution in [0.15, 0.2) is 18.2 Å². The number of amides is 1. The Labute approximate surface area is 140 Å². The summed E-state index contributed by atoms with van der Waals surface area (Å²) >= 11 is 0. The number of carbonyl (C=O) groups excluding carboxylic acids is 1. The van der Waals surface area contributed by atoms with Gasteiger partial charge in [0.15, 0.2) is 0 Å². The van der Waals surface area contributed by atoms with Crippen molar-refractivity contribution in [2.24, 2.45) is 0 Å². The summed E-state index contributed by atoms with van der Waals surface area (Å²) in [6.07, 6.45) is 2.17. The highest BCUT2D eigenvalue weighted by Crippen LogP contribution is 2.26. The maximum Gasteiger partial charge on any atom is 0.255 e. The first kappa shape index (κ1) is 17.8. The Morgan fingerprint density at radius 1 is 1.35 bits per heavy atom. The van der Waals surface area contributed by atoms with E-state index in [2.05, 4.69) is 30.9 Å². The summed E-state index contributed by atoms with van der Waals surface area (Å²) in [7, 11) is 2.05. The van der Waals surface area contributed by atoms with E-state index >= 15 is 0 Å². The maximum absolute atomic E-state index is 13.0. The summed E-state index contributed by atoms with van der Waals surface area (Å²) in [5.74, 6) is 0.145. The Balaban J connectivity index is 2.17. The summed E-state index contributed by atoms with van der Waals surface area (Å²) in [6, 6.07) is 6.51. The zero-order valence-electron chi connectivity index (χ0n) is 15.1. The molecule has 0 unspecified atom stereocenters. The molecule has 0 aromatic heterocycles. The molecule has 1 aromatic rings. The molecule has 0 bridgehead atoms. The minimum atomic E-state index is 0.145. The topological polar surface area (TPSA) is 32.8 Å². The predicted octanol–water partition coefficient (Wildman–Crippen LogP) is 3.48. The largest absolute Gasteiger partial charge is 0.378 e.